The first kappa shape index (κ1) is 23.5. The van der Waals surface area contributed by atoms with Crippen molar-refractivity contribution in [1.82, 2.24) is 25.3 Å². The van der Waals surface area contributed by atoms with Crippen LogP contribution in [0.3, 0.4) is 0 Å². The van der Waals surface area contributed by atoms with Gasteiger partial charge in [0.05, 0.1) is 5.52 Å². The average molecular weight is 456 g/mol. The van der Waals surface area contributed by atoms with Gasteiger partial charge in [-0.1, -0.05) is 24.6 Å². The number of rotatable bonds is 6. The summed E-state index contributed by atoms with van der Waals surface area (Å²) in [7, 11) is 2.22. The molecule has 1 aromatic heterocycles. The van der Waals surface area contributed by atoms with E-state index in [0.717, 1.165) is 23.7 Å². The van der Waals surface area contributed by atoms with E-state index >= 15 is 0 Å². The lowest BCUT2D eigenvalue weighted by Crippen LogP contribution is -2.55. The number of alkyl carbamates (subject to hydrolysis) is 1. The number of carbonyl (C=O) groups is 2. The van der Waals surface area contributed by atoms with E-state index in [1.54, 1.807) is 0 Å². The zero-order valence-corrected chi connectivity index (χ0v) is 20.3. The minimum atomic E-state index is -0.517. The minimum Gasteiger partial charge on any atom is -0.444 e. The number of nitrogens with one attached hydrogen (secondary N) is 2. The van der Waals surface area contributed by atoms with Crippen molar-refractivity contribution in [1.29, 1.82) is 0 Å². The van der Waals surface area contributed by atoms with Gasteiger partial charge in [-0.05, 0) is 66.0 Å². The highest BCUT2D eigenvalue weighted by molar-refractivity contribution is 6.05. The first-order valence-corrected chi connectivity index (χ1v) is 12.2. The molecule has 1 aromatic carbocycles. The normalized spacial score (nSPS) is 23.3. The number of amides is 2. The molecule has 2 amide bonds. The lowest BCUT2D eigenvalue weighted by molar-refractivity contribution is 0.0461. The van der Waals surface area contributed by atoms with E-state index in [4.69, 9.17) is 4.74 Å². The third kappa shape index (κ3) is 5.66. The van der Waals surface area contributed by atoms with Crippen molar-refractivity contribution < 1.29 is 14.3 Å². The first-order chi connectivity index (χ1) is 15.7. The Morgan fingerprint density at radius 1 is 1.15 bits per heavy atom. The summed E-state index contributed by atoms with van der Waals surface area (Å²) in [6, 6.07) is 9.17. The second kappa shape index (κ2) is 9.71. The fourth-order valence-electron chi connectivity index (χ4n) is 5.19. The van der Waals surface area contributed by atoms with Gasteiger partial charge in [0.25, 0.3) is 5.91 Å². The fourth-order valence-corrected chi connectivity index (χ4v) is 5.19. The number of ether oxygens (including phenoxy) is 1. The molecule has 2 aliphatic heterocycles. The average Bonchev–Trinajstić information content (AvgIpc) is 3.10. The molecule has 2 bridgehead atoms. The summed E-state index contributed by atoms with van der Waals surface area (Å²) in [6.45, 7) is 6.60. The van der Waals surface area contributed by atoms with Crippen molar-refractivity contribution in [2.24, 2.45) is 0 Å². The summed E-state index contributed by atoms with van der Waals surface area (Å²) in [4.78, 5) is 27.6. The van der Waals surface area contributed by atoms with E-state index in [9.17, 15) is 9.59 Å². The van der Waals surface area contributed by atoms with Crippen molar-refractivity contribution in [3.63, 3.8) is 0 Å². The highest BCUT2D eigenvalue weighted by Gasteiger charge is 2.36. The van der Waals surface area contributed by atoms with Crippen molar-refractivity contribution in [2.45, 2.75) is 89.6 Å². The summed E-state index contributed by atoms with van der Waals surface area (Å²) in [5, 5.41) is 11.6. The van der Waals surface area contributed by atoms with Crippen molar-refractivity contribution in [3.05, 3.63) is 30.0 Å². The molecule has 180 valence electrons. The molecule has 1 unspecified atom stereocenters. The fraction of sp³-hybridized carbons (Fsp3) is 0.640. The second-order valence-corrected chi connectivity index (χ2v) is 10.4. The highest BCUT2D eigenvalue weighted by Crippen LogP contribution is 2.32. The van der Waals surface area contributed by atoms with Gasteiger partial charge in [-0.2, -0.15) is 5.10 Å². The Labute approximate surface area is 196 Å². The van der Waals surface area contributed by atoms with E-state index in [0.29, 0.717) is 37.3 Å². The molecule has 8 nitrogen and oxygen atoms in total. The molecule has 33 heavy (non-hydrogen) atoms. The lowest BCUT2D eigenvalue weighted by atomic mass is 9.82. The minimum absolute atomic E-state index is 0.0931. The standard InChI is InChI=1S/C25H37N5O3/c1-25(2,3)33-24(32)26-13-8-14-30-21-12-6-5-11-20(21)22(28-30)23(31)27-17-15-18-9-7-10-19(16-17)29(18)4/h5-6,11-12,17-19H,7-10,13-16H2,1-4H3,(H,26,32)(H,27,31)/t17?,18-,19+. The quantitative estimate of drug-likeness (QED) is 0.649. The largest absolute Gasteiger partial charge is 0.444 e. The molecule has 2 aliphatic rings. The molecule has 2 aromatic rings. The number of hydrogen-bond acceptors (Lipinski definition) is 5. The van der Waals surface area contributed by atoms with Crippen LogP contribution in [-0.4, -0.2) is 64.0 Å². The van der Waals surface area contributed by atoms with Crippen LogP contribution in [0.25, 0.3) is 10.9 Å². The third-order valence-electron chi connectivity index (χ3n) is 6.76. The number of aryl methyl sites for hydroxylation is 1. The Morgan fingerprint density at radius 3 is 2.55 bits per heavy atom. The smallest absolute Gasteiger partial charge is 0.407 e. The Bertz CT molecular complexity index is 982. The number of aromatic nitrogens is 2. The second-order valence-electron chi connectivity index (χ2n) is 10.4. The zero-order chi connectivity index (χ0) is 23.6. The topological polar surface area (TPSA) is 88.5 Å². The molecule has 3 heterocycles. The van der Waals surface area contributed by atoms with E-state index < -0.39 is 11.7 Å². The van der Waals surface area contributed by atoms with Gasteiger partial charge in [-0.3, -0.25) is 9.48 Å². The maximum absolute atomic E-state index is 13.2. The Morgan fingerprint density at radius 2 is 1.85 bits per heavy atom. The maximum Gasteiger partial charge on any atom is 0.407 e. The SMILES string of the molecule is CN1[C@@H]2CCC[C@H]1CC(NC(=O)c1nn(CCCNC(=O)OC(C)(C)C)c3ccccc13)C2. The summed E-state index contributed by atoms with van der Waals surface area (Å²) >= 11 is 0. The molecule has 8 heteroatoms. The molecular formula is C25H37N5O3. The van der Waals surface area contributed by atoms with Gasteiger partial charge in [0, 0.05) is 36.6 Å². The Balaban J connectivity index is 1.38. The number of fused-ring (bicyclic) bond motifs is 3. The first-order valence-electron chi connectivity index (χ1n) is 12.2. The van der Waals surface area contributed by atoms with Gasteiger partial charge in [-0.25, -0.2) is 4.79 Å². The van der Waals surface area contributed by atoms with Crippen LogP contribution in [0.1, 0.15) is 69.8 Å². The van der Waals surface area contributed by atoms with Gasteiger partial charge in [0.2, 0.25) is 0 Å². The Kier molecular flexibility index (Phi) is 6.93. The van der Waals surface area contributed by atoms with Crippen LogP contribution in [0.5, 0.6) is 0 Å². The van der Waals surface area contributed by atoms with Crippen LogP contribution in [-0.2, 0) is 11.3 Å². The molecule has 3 atom stereocenters. The molecule has 0 aliphatic carbocycles. The van der Waals surface area contributed by atoms with Crippen LogP contribution in [0.15, 0.2) is 24.3 Å². The predicted molar refractivity (Wildman–Crippen MR) is 128 cm³/mol. The molecule has 2 fully saturated rings. The number of piperidine rings is 2. The van der Waals surface area contributed by atoms with Gasteiger partial charge < -0.3 is 20.3 Å². The van der Waals surface area contributed by atoms with E-state index in [1.165, 1.54) is 19.3 Å². The van der Waals surface area contributed by atoms with E-state index in [2.05, 4.69) is 27.7 Å². The van der Waals surface area contributed by atoms with Crippen LogP contribution < -0.4 is 10.6 Å². The van der Waals surface area contributed by atoms with Gasteiger partial charge >= 0.3 is 6.09 Å². The van der Waals surface area contributed by atoms with Gasteiger partial charge in [-0.15, -0.1) is 0 Å². The number of nitrogens with zero attached hydrogens (tertiary/aromatic N) is 3. The van der Waals surface area contributed by atoms with Crippen molar-refractivity contribution in [2.75, 3.05) is 13.6 Å². The molecule has 0 spiro atoms. The molecule has 2 saturated heterocycles. The molecule has 2 N–H and O–H groups in total. The maximum atomic E-state index is 13.2. The summed E-state index contributed by atoms with van der Waals surface area (Å²) in [6.07, 6.45) is 6.00. The van der Waals surface area contributed by atoms with Crippen LogP contribution >= 0.6 is 0 Å². The molecular weight excluding hydrogens is 418 g/mol. The number of benzene rings is 1. The summed E-state index contributed by atoms with van der Waals surface area (Å²) in [5.74, 6) is -0.0931. The van der Waals surface area contributed by atoms with Crippen molar-refractivity contribution >= 4 is 22.9 Å². The van der Waals surface area contributed by atoms with Gasteiger partial charge in [0.15, 0.2) is 5.69 Å². The monoisotopic (exact) mass is 455 g/mol. The molecule has 0 radical (unpaired) electrons. The van der Waals surface area contributed by atoms with Crippen LogP contribution in [0.4, 0.5) is 4.79 Å². The number of carbonyl (C=O) groups excluding carboxylic acids is 2. The summed E-state index contributed by atoms with van der Waals surface area (Å²) in [5.41, 5.74) is 0.895. The van der Waals surface area contributed by atoms with Crippen LogP contribution in [0.2, 0.25) is 0 Å². The Hall–Kier alpha value is -2.61. The lowest BCUT2D eigenvalue weighted by Gasteiger charge is -2.47. The number of hydrogen-bond donors (Lipinski definition) is 2. The predicted octanol–water partition coefficient (Wildman–Crippen LogP) is 3.70. The zero-order valence-electron chi connectivity index (χ0n) is 20.3. The number of para-hydroxylation sites is 1. The van der Waals surface area contributed by atoms with Crippen LogP contribution in [0, 0.1) is 0 Å². The van der Waals surface area contributed by atoms with E-state index in [1.807, 2.05) is 49.7 Å². The van der Waals surface area contributed by atoms with Crippen molar-refractivity contribution in [3.8, 4) is 0 Å². The highest BCUT2D eigenvalue weighted by atomic mass is 16.6. The summed E-state index contributed by atoms with van der Waals surface area (Å²) < 4.78 is 7.14. The molecule has 0 saturated carbocycles. The molecule has 4 rings (SSSR count). The third-order valence-corrected chi connectivity index (χ3v) is 6.76. The van der Waals surface area contributed by atoms with E-state index in [-0.39, 0.29) is 11.9 Å². The van der Waals surface area contributed by atoms with Gasteiger partial charge in [0.1, 0.15) is 5.60 Å².